The van der Waals surface area contributed by atoms with Gasteiger partial charge in [0.15, 0.2) is 0 Å². The van der Waals surface area contributed by atoms with E-state index in [1.807, 2.05) is 35.2 Å². The van der Waals surface area contributed by atoms with Crippen molar-refractivity contribution in [3.8, 4) is 11.4 Å². The monoisotopic (exact) mass is 389 g/mol. The molecule has 0 radical (unpaired) electrons. The first-order valence-electron chi connectivity index (χ1n) is 10.1. The Morgan fingerprint density at radius 3 is 2.41 bits per heavy atom. The molecule has 0 aliphatic carbocycles. The van der Waals surface area contributed by atoms with Crippen LogP contribution in [-0.4, -0.2) is 27.5 Å². The Bertz CT molecular complexity index is 987. The zero-order valence-electron chi connectivity index (χ0n) is 17.4. The van der Waals surface area contributed by atoms with Crippen molar-refractivity contribution >= 4 is 5.91 Å². The molecule has 2 aromatic carbocycles. The largest absolute Gasteiger partial charge is 0.339 e. The molecule has 4 rings (SSSR count). The van der Waals surface area contributed by atoms with Crippen LogP contribution in [0.4, 0.5) is 0 Å². The molecule has 5 nitrogen and oxygen atoms in total. The van der Waals surface area contributed by atoms with Crippen LogP contribution in [0, 0.1) is 0 Å². The molecule has 2 atom stereocenters. The Morgan fingerprint density at radius 2 is 1.76 bits per heavy atom. The average Bonchev–Trinajstić information content (AvgIpc) is 3.34. The molecule has 1 fully saturated rings. The molecule has 1 aliphatic heterocycles. The van der Waals surface area contributed by atoms with Crippen molar-refractivity contribution in [2.45, 2.75) is 51.5 Å². The predicted molar refractivity (Wildman–Crippen MR) is 112 cm³/mol. The number of amides is 1. The van der Waals surface area contributed by atoms with Crippen LogP contribution in [0.5, 0.6) is 0 Å². The molecule has 3 aromatic rings. The van der Waals surface area contributed by atoms with Crippen LogP contribution in [0.25, 0.3) is 11.4 Å². The number of benzene rings is 2. The maximum Gasteiger partial charge on any atom is 0.232 e. The average molecular weight is 389 g/mol. The van der Waals surface area contributed by atoms with Crippen molar-refractivity contribution in [3.63, 3.8) is 0 Å². The minimum atomic E-state index is -0.0660. The highest BCUT2D eigenvalue weighted by Crippen LogP contribution is 2.34. The highest BCUT2D eigenvalue weighted by Gasteiger charge is 2.37. The first-order valence-corrected chi connectivity index (χ1v) is 10.1. The maximum absolute atomic E-state index is 12.6. The number of carbonyl (C=O) groups is 1. The van der Waals surface area contributed by atoms with Crippen molar-refractivity contribution in [1.82, 2.24) is 15.0 Å². The highest BCUT2D eigenvalue weighted by molar-refractivity contribution is 5.80. The summed E-state index contributed by atoms with van der Waals surface area (Å²) >= 11 is 0. The van der Waals surface area contributed by atoms with E-state index in [1.165, 1.54) is 5.56 Å². The minimum absolute atomic E-state index is 0.0287. The van der Waals surface area contributed by atoms with Gasteiger partial charge >= 0.3 is 0 Å². The van der Waals surface area contributed by atoms with E-state index in [2.05, 4.69) is 62.1 Å². The van der Waals surface area contributed by atoms with Gasteiger partial charge in [-0.3, -0.25) is 4.79 Å². The van der Waals surface area contributed by atoms with E-state index < -0.39 is 0 Å². The van der Waals surface area contributed by atoms with Gasteiger partial charge in [0.05, 0.1) is 12.0 Å². The van der Waals surface area contributed by atoms with Crippen molar-refractivity contribution in [2.75, 3.05) is 6.54 Å². The minimum Gasteiger partial charge on any atom is -0.339 e. The zero-order valence-corrected chi connectivity index (χ0v) is 17.4. The molecular weight excluding hydrogens is 362 g/mol. The number of likely N-dealkylation sites (tertiary alicyclic amines) is 1. The topological polar surface area (TPSA) is 59.2 Å². The molecule has 1 saturated heterocycles. The van der Waals surface area contributed by atoms with Crippen LogP contribution in [0.3, 0.4) is 0 Å². The van der Waals surface area contributed by atoms with E-state index in [-0.39, 0.29) is 23.3 Å². The van der Waals surface area contributed by atoms with E-state index in [9.17, 15) is 4.79 Å². The summed E-state index contributed by atoms with van der Waals surface area (Å²) in [6, 6.07) is 18.4. The lowest BCUT2D eigenvalue weighted by atomic mass is 9.87. The summed E-state index contributed by atoms with van der Waals surface area (Å²) in [6.45, 7) is 9.22. The van der Waals surface area contributed by atoms with Crippen LogP contribution < -0.4 is 0 Å². The molecule has 0 N–H and O–H groups in total. The zero-order chi connectivity index (χ0) is 20.6. The Balaban J connectivity index is 1.49. The van der Waals surface area contributed by atoms with Gasteiger partial charge in [-0.1, -0.05) is 80.5 Å². The first-order chi connectivity index (χ1) is 13.8. The van der Waals surface area contributed by atoms with Gasteiger partial charge in [-0.15, -0.1) is 0 Å². The quantitative estimate of drug-likeness (QED) is 0.622. The number of aromatic nitrogens is 2. The first kappa shape index (κ1) is 19.4. The molecule has 2 unspecified atom stereocenters. The second-order valence-electron chi connectivity index (χ2n) is 8.82. The van der Waals surface area contributed by atoms with Gasteiger partial charge in [-0.25, -0.2) is 0 Å². The molecule has 0 spiro atoms. The van der Waals surface area contributed by atoms with Crippen molar-refractivity contribution in [2.24, 2.45) is 0 Å². The van der Waals surface area contributed by atoms with Gasteiger partial charge in [0.1, 0.15) is 0 Å². The summed E-state index contributed by atoms with van der Waals surface area (Å²) < 4.78 is 5.54. The van der Waals surface area contributed by atoms with E-state index >= 15 is 0 Å². The third-order valence-corrected chi connectivity index (χ3v) is 5.71. The van der Waals surface area contributed by atoms with Gasteiger partial charge in [0.2, 0.25) is 17.6 Å². The normalized spacial score (nSPS) is 18.3. The molecule has 1 aliphatic rings. The molecule has 2 heterocycles. The summed E-state index contributed by atoms with van der Waals surface area (Å²) in [5.74, 6) is 1.17. The van der Waals surface area contributed by atoms with Crippen molar-refractivity contribution in [3.05, 3.63) is 71.6 Å². The highest BCUT2D eigenvalue weighted by atomic mass is 16.5. The number of nitrogens with zero attached hydrogens (tertiary/aromatic N) is 3. The Labute approximate surface area is 171 Å². The molecular formula is C24H27N3O2. The van der Waals surface area contributed by atoms with Gasteiger partial charge in [-0.05, 0) is 23.5 Å². The Hall–Kier alpha value is -2.95. The van der Waals surface area contributed by atoms with Crippen LogP contribution >= 0.6 is 0 Å². The Kier molecular flexibility index (Phi) is 4.99. The molecule has 0 saturated carbocycles. The van der Waals surface area contributed by atoms with Crippen LogP contribution in [-0.2, 0) is 10.2 Å². The maximum atomic E-state index is 12.6. The second-order valence-corrected chi connectivity index (χ2v) is 8.82. The summed E-state index contributed by atoms with van der Waals surface area (Å²) in [5, 5.41) is 4.16. The number of rotatable bonds is 4. The molecule has 1 aromatic heterocycles. The summed E-state index contributed by atoms with van der Waals surface area (Å²) in [4.78, 5) is 19.1. The van der Waals surface area contributed by atoms with Gasteiger partial charge < -0.3 is 9.42 Å². The fourth-order valence-corrected chi connectivity index (χ4v) is 3.82. The van der Waals surface area contributed by atoms with E-state index in [1.54, 1.807) is 0 Å². The van der Waals surface area contributed by atoms with Crippen LogP contribution in [0.1, 0.15) is 63.1 Å². The lowest BCUT2D eigenvalue weighted by Gasteiger charge is -2.24. The predicted octanol–water partition coefficient (Wildman–Crippen LogP) is 5.11. The molecule has 1 amide bonds. The molecule has 29 heavy (non-hydrogen) atoms. The molecule has 150 valence electrons. The van der Waals surface area contributed by atoms with Crippen molar-refractivity contribution < 1.29 is 9.32 Å². The third kappa shape index (κ3) is 3.95. The number of hydrogen-bond donors (Lipinski definition) is 0. The standard InChI is InChI=1S/C24H27N3O2/c1-16(17-8-6-5-7-9-17)27-15-19(14-21(27)28)23-25-22(26-29-23)18-10-12-20(13-11-18)24(2,3)4/h5-13,16,19H,14-15H2,1-4H3. The summed E-state index contributed by atoms with van der Waals surface area (Å²) in [5.41, 5.74) is 3.42. The lowest BCUT2D eigenvalue weighted by molar-refractivity contribution is -0.129. The fraction of sp³-hybridized carbons (Fsp3) is 0.375. The third-order valence-electron chi connectivity index (χ3n) is 5.71. The van der Waals surface area contributed by atoms with Gasteiger partial charge in [0.25, 0.3) is 0 Å². The van der Waals surface area contributed by atoms with Gasteiger partial charge in [0, 0.05) is 18.5 Å². The summed E-state index contributed by atoms with van der Waals surface area (Å²) in [6.07, 6.45) is 0.405. The number of hydrogen-bond acceptors (Lipinski definition) is 4. The van der Waals surface area contributed by atoms with E-state index in [4.69, 9.17) is 4.52 Å². The van der Waals surface area contributed by atoms with E-state index in [0.717, 1.165) is 11.1 Å². The SMILES string of the molecule is CC(c1ccccc1)N1CC(c2nc(-c3ccc(C(C)(C)C)cc3)no2)CC1=O. The lowest BCUT2D eigenvalue weighted by Crippen LogP contribution is -2.28. The van der Waals surface area contributed by atoms with Crippen LogP contribution in [0.15, 0.2) is 59.1 Å². The molecule has 0 bridgehead atoms. The Morgan fingerprint density at radius 1 is 1.07 bits per heavy atom. The smallest absolute Gasteiger partial charge is 0.232 e. The summed E-state index contributed by atoms with van der Waals surface area (Å²) in [7, 11) is 0. The number of carbonyl (C=O) groups excluding carboxylic acids is 1. The van der Waals surface area contributed by atoms with Gasteiger partial charge in [-0.2, -0.15) is 4.98 Å². The van der Waals surface area contributed by atoms with Crippen LogP contribution in [0.2, 0.25) is 0 Å². The molecule has 5 heteroatoms. The van der Waals surface area contributed by atoms with Crippen molar-refractivity contribution in [1.29, 1.82) is 0 Å². The van der Waals surface area contributed by atoms with E-state index in [0.29, 0.717) is 24.7 Å². The second kappa shape index (κ2) is 7.47. The fourth-order valence-electron chi connectivity index (χ4n) is 3.82.